The number of ether oxygens (including phenoxy) is 1. The van der Waals surface area contributed by atoms with Crippen molar-refractivity contribution in [1.82, 2.24) is 4.90 Å². The summed E-state index contributed by atoms with van der Waals surface area (Å²) in [7, 11) is 2.06. The van der Waals surface area contributed by atoms with E-state index >= 15 is 0 Å². The van der Waals surface area contributed by atoms with E-state index in [2.05, 4.69) is 43.8 Å². The Balaban J connectivity index is 2.51. The number of hydrogen-bond acceptors (Lipinski definition) is 3. The van der Waals surface area contributed by atoms with E-state index in [0.29, 0.717) is 5.33 Å². The number of halogens is 2. The third kappa shape index (κ3) is 4.04. The van der Waals surface area contributed by atoms with Crippen molar-refractivity contribution >= 4 is 37.8 Å². The predicted octanol–water partition coefficient (Wildman–Crippen LogP) is 2.17. The summed E-state index contributed by atoms with van der Waals surface area (Å²) in [6.45, 7) is 3.92. The number of carbonyl (C=O) groups excluding carboxylic acids is 1. The molecule has 0 aromatic heterocycles. The Morgan fingerprint density at radius 2 is 2.33 bits per heavy atom. The van der Waals surface area contributed by atoms with Crippen LogP contribution in [0.2, 0.25) is 0 Å². The fraction of sp³-hybridized carbons (Fsp3) is 0.900. The summed E-state index contributed by atoms with van der Waals surface area (Å²) < 4.78 is 5.54. The number of likely N-dealkylation sites (tertiary alicyclic amines) is 1. The van der Waals surface area contributed by atoms with Gasteiger partial charge >= 0.3 is 5.97 Å². The molecule has 1 heterocycles. The van der Waals surface area contributed by atoms with Crippen molar-refractivity contribution < 1.29 is 9.53 Å². The molecule has 1 saturated heterocycles. The van der Waals surface area contributed by atoms with E-state index in [4.69, 9.17) is 4.74 Å². The first-order valence-corrected chi connectivity index (χ1v) is 7.12. The Hall–Kier alpha value is 0.390. The molecule has 2 atom stereocenters. The lowest BCUT2D eigenvalue weighted by Gasteiger charge is -2.38. The van der Waals surface area contributed by atoms with E-state index < -0.39 is 0 Å². The maximum atomic E-state index is 11.6. The largest absolute Gasteiger partial charge is 0.457 e. The van der Waals surface area contributed by atoms with E-state index in [9.17, 15) is 4.79 Å². The average Bonchev–Trinajstić information content (AvgIpc) is 2.15. The fourth-order valence-corrected chi connectivity index (χ4v) is 2.26. The first-order valence-electron chi connectivity index (χ1n) is 5.08. The monoisotopic (exact) mass is 341 g/mol. The Morgan fingerprint density at radius 3 is 2.87 bits per heavy atom. The second-order valence-electron chi connectivity index (χ2n) is 4.33. The van der Waals surface area contributed by atoms with Crippen LogP contribution in [0.3, 0.4) is 0 Å². The Kier molecular flexibility index (Phi) is 5.06. The number of likely N-dealkylation sites (N-methyl/N-ethyl adjacent to an activating group) is 1. The maximum absolute atomic E-state index is 11.6. The molecule has 1 aliphatic rings. The highest BCUT2D eigenvalue weighted by Gasteiger charge is 2.34. The first-order chi connectivity index (χ1) is 6.97. The minimum Gasteiger partial charge on any atom is -0.457 e. The second-order valence-corrected chi connectivity index (χ2v) is 6.09. The van der Waals surface area contributed by atoms with Gasteiger partial charge in [-0.2, -0.15) is 0 Å². The number of carbonyl (C=O) groups is 1. The molecule has 0 aliphatic carbocycles. The SMILES string of the molecule is CN1CCCC(C)(OC(=O)C(Br)CBr)C1. The van der Waals surface area contributed by atoms with Crippen molar-refractivity contribution in [3.8, 4) is 0 Å². The molecule has 0 saturated carbocycles. The van der Waals surface area contributed by atoms with E-state index in [1.165, 1.54) is 0 Å². The third-order valence-electron chi connectivity index (χ3n) is 2.59. The van der Waals surface area contributed by atoms with E-state index in [1.807, 2.05) is 6.92 Å². The summed E-state index contributed by atoms with van der Waals surface area (Å²) >= 11 is 6.52. The summed E-state index contributed by atoms with van der Waals surface area (Å²) in [5.41, 5.74) is -0.321. The van der Waals surface area contributed by atoms with Gasteiger partial charge in [-0.05, 0) is 33.4 Å². The Labute approximate surface area is 108 Å². The molecule has 0 spiro atoms. The zero-order valence-electron chi connectivity index (χ0n) is 9.13. The van der Waals surface area contributed by atoms with Crippen LogP contribution in [0.5, 0.6) is 0 Å². The highest BCUT2D eigenvalue weighted by atomic mass is 79.9. The fourth-order valence-electron chi connectivity index (χ4n) is 1.91. The van der Waals surface area contributed by atoms with Gasteiger partial charge in [0.2, 0.25) is 0 Å². The lowest BCUT2D eigenvalue weighted by molar-refractivity contribution is -0.161. The highest BCUT2D eigenvalue weighted by molar-refractivity contribution is 9.12. The van der Waals surface area contributed by atoms with Crippen LogP contribution < -0.4 is 0 Å². The zero-order chi connectivity index (χ0) is 11.5. The van der Waals surface area contributed by atoms with Crippen LogP contribution in [0.4, 0.5) is 0 Å². The van der Waals surface area contributed by atoms with Crippen molar-refractivity contribution in [3.63, 3.8) is 0 Å². The highest BCUT2D eigenvalue weighted by Crippen LogP contribution is 2.25. The number of hydrogen-bond donors (Lipinski definition) is 0. The van der Waals surface area contributed by atoms with Crippen LogP contribution in [0.25, 0.3) is 0 Å². The Morgan fingerprint density at radius 1 is 1.67 bits per heavy atom. The molecule has 0 radical (unpaired) electrons. The zero-order valence-corrected chi connectivity index (χ0v) is 12.3. The molecule has 0 amide bonds. The molecule has 0 aromatic carbocycles. The van der Waals surface area contributed by atoms with Gasteiger partial charge < -0.3 is 9.64 Å². The summed E-state index contributed by atoms with van der Waals surface area (Å²) in [4.78, 5) is 13.6. The van der Waals surface area contributed by atoms with Gasteiger partial charge in [-0.1, -0.05) is 31.9 Å². The van der Waals surface area contributed by atoms with Gasteiger partial charge in [-0.25, -0.2) is 0 Å². The van der Waals surface area contributed by atoms with Crippen molar-refractivity contribution in [1.29, 1.82) is 0 Å². The van der Waals surface area contributed by atoms with E-state index in [1.54, 1.807) is 0 Å². The summed E-state index contributed by atoms with van der Waals surface area (Å²) in [5, 5.41) is 0.581. The van der Waals surface area contributed by atoms with Crippen LogP contribution in [-0.2, 0) is 9.53 Å². The van der Waals surface area contributed by atoms with Crippen molar-refractivity contribution in [2.24, 2.45) is 0 Å². The molecule has 15 heavy (non-hydrogen) atoms. The summed E-state index contributed by atoms with van der Waals surface area (Å²) in [6.07, 6.45) is 2.03. The van der Waals surface area contributed by atoms with E-state index in [0.717, 1.165) is 25.9 Å². The summed E-state index contributed by atoms with van der Waals surface area (Å²) in [5.74, 6) is -0.176. The van der Waals surface area contributed by atoms with Crippen LogP contribution in [0.1, 0.15) is 19.8 Å². The number of rotatable bonds is 3. The van der Waals surface area contributed by atoms with E-state index in [-0.39, 0.29) is 16.4 Å². The number of alkyl halides is 2. The summed E-state index contributed by atoms with van der Waals surface area (Å²) in [6, 6.07) is 0. The second kappa shape index (κ2) is 5.64. The minimum absolute atomic E-state index is 0.176. The van der Waals surface area contributed by atoms with Crippen LogP contribution >= 0.6 is 31.9 Å². The number of piperidine rings is 1. The molecule has 1 rings (SSSR count). The lowest BCUT2D eigenvalue weighted by atomic mass is 9.95. The van der Waals surface area contributed by atoms with Gasteiger partial charge in [0.05, 0.1) is 0 Å². The topological polar surface area (TPSA) is 29.5 Å². The predicted molar refractivity (Wildman–Crippen MR) is 67.7 cm³/mol. The standard InChI is InChI=1S/C10H17Br2NO2/c1-10(4-3-5-13(2)7-10)15-9(14)8(12)6-11/h8H,3-7H2,1-2H3. The third-order valence-corrected chi connectivity index (χ3v) is 4.80. The molecule has 5 heteroatoms. The van der Waals surface area contributed by atoms with Gasteiger partial charge in [-0.15, -0.1) is 0 Å². The lowest BCUT2D eigenvalue weighted by Crippen LogP contribution is -2.48. The molecular formula is C10H17Br2NO2. The molecule has 0 N–H and O–H groups in total. The molecule has 1 fully saturated rings. The van der Waals surface area contributed by atoms with Crippen LogP contribution in [0, 0.1) is 0 Å². The normalized spacial score (nSPS) is 29.9. The quantitative estimate of drug-likeness (QED) is 0.581. The molecular weight excluding hydrogens is 326 g/mol. The van der Waals surface area contributed by atoms with Gasteiger partial charge in [0.25, 0.3) is 0 Å². The van der Waals surface area contributed by atoms with Gasteiger partial charge in [0, 0.05) is 11.9 Å². The van der Waals surface area contributed by atoms with Gasteiger partial charge in [0.15, 0.2) is 0 Å². The van der Waals surface area contributed by atoms with Crippen LogP contribution in [-0.4, -0.2) is 46.8 Å². The van der Waals surface area contributed by atoms with Crippen molar-refractivity contribution in [2.45, 2.75) is 30.2 Å². The Bertz CT molecular complexity index is 237. The van der Waals surface area contributed by atoms with Gasteiger partial charge in [-0.3, -0.25) is 4.79 Å². The van der Waals surface area contributed by atoms with Gasteiger partial charge in [0.1, 0.15) is 10.4 Å². The number of esters is 1. The van der Waals surface area contributed by atoms with Crippen molar-refractivity contribution in [2.75, 3.05) is 25.5 Å². The smallest absolute Gasteiger partial charge is 0.321 e. The van der Waals surface area contributed by atoms with Crippen molar-refractivity contribution in [3.05, 3.63) is 0 Å². The molecule has 88 valence electrons. The first kappa shape index (κ1) is 13.5. The minimum atomic E-state index is -0.321. The average molecular weight is 343 g/mol. The molecule has 2 unspecified atom stereocenters. The molecule has 3 nitrogen and oxygen atoms in total. The van der Waals surface area contributed by atoms with Crippen LogP contribution in [0.15, 0.2) is 0 Å². The molecule has 0 bridgehead atoms. The maximum Gasteiger partial charge on any atom is 0.321 e. The molecule has 0 aromatic rings. The number of nitrogens with zero attached hydrogens (tertiary/aromatic N) is 1. The molecule has 1 aliphatic heterocycles.